The molecule has 4 heteroatoms. The summed E-state index contributed by atoms with van der Waals surface area (Å²) in [5.74, 6) is 0.648. The van der Waals surface area contributed by atoms with Crippen molar-refractivity contribution in [2.24, 2.45) is 5.92 Å². The summed E-state index contributed by atoms with van der Waals surface area (Å²) < 4.78 is 2.56. The van der Waals surface area contributed by atoms with Gasteiger partial charge in [0.25, 0.3) is 0 Å². The fourth-order valence-electron chi connectivity index (χ4n) is 5.75. The van der Waals surface area contributed by atoms with E-state index in [4.69, 9.17) is 0 Å². The molecule has 3 aromatic carbocycles. The fourth-order valence-corrected chi connectivity index (χ4v) is 25.4. The number of rotatable bonds is 3. The molecule has 0 aromatic heterocycles. The van der Waals surface area contributed by atoms with Crippen LogP contribution in [-0.4, -0.2) is 5.43 Å². The summed E-state index contributed by atoms with van der Waals surface area (Å²) in [5, 5.41) is 2.65. The number of allylic oxidation sites excluding steroid dienone is 5. The number of fused-ring (bicyclic) bond motifs is 2. The van der Waals surface area contributed by atoms with Gasteiger partial charge in [-0.25, -0.2) is 0 Å². The molecule has 2 atom stereocenters. The third-order valence-electron chi connectivity index (χ3n) is 7.76. The standard InChI is InChI=1S/C19H13.C9H13.C2H6Si.2ClH.Zr/c1-2-7-16-13-17(10-9-14(16)5-1)19-12-11-15-6-3-4-8-18(15)19;1-6-5-7(2)9(4)8(6)3;1-3-2;;;/h1-13H;6H,1-4H3;1-2H3;2*1H;/q;;;;;+2/p-2. The Bertz CT molecular complexity index is 1390. The van der Waals surface area contributed by atoms with E-state index in [-0.39, 0.29) is 30.2 Å². The predicted molar refractivity (Wildman–Crippen MR) is 138 cm³/mol. The van der Waals surface area contributed by atoms with E-state index in [9.17, 15) is 0 Å². The molecule has 0 N–H and O–H groups in total. The number of halogens is 2. The largest absolute Gasteiger partial charge is 1.00 e. The van der Waals surface area contributed by atoms with Gasteiger partial charge in [0.15, 0.2) is 0 Å². The van der Waals surface area contributed by atoms with E-state index >= 15 is 0 Å². The average Bonchev–Trinajstić information content (AvgIpc) is 3.26. The van der Waals surface area contributed by atoms with Crippen molar-refractivity contribution in [1.82, 2.24) is 0 Å². The molecule has 0 saturated carbocycles. The molecule has 0 bridgehead atoms. The van der Waals surface area contributed by atoms with Crippen molar-refractivity contribution in [2.75, 3.05) is 0 Å². The van der Waals surface area contributed by atoms with Crippen molar-refractivity contribution in [2.45, 2.75) is 44.4 Å². The Morgan fingerprint density at radius 3 is 2.06 bits per heavy atom. The Hall–Kier alpha value is -1.18. The second kappa shape index (κ2) is 10.8. The summed E-state index contributed by atoms with van der Waals surface area (Å²) in [7, 11) is 0. The van der Waals surface area contributed by atoms with Crippen LogP contribution in [0.25, 0.3) is 16.3 Å². The van der Waals surface area contributed by atoms with E-state index in [0.29, 0.717) is 9.54 Å². The molecule has 2 aliphatic rings. The number of benzene rings is 3. The van der Waals surface area contributed by atoms with Gasteiger partial charge < -0.3 is 24.8 Å². The SMILES string of the molecule is CC1=C(C)C(C)[C]([Zr+2]([CH]2C=C(c3ccc4ccccc4c3)c3ccccc32)=[Si](C)C)=C1C.[Cl-].[Cl-]. The first-order valence-corrected chi connectivity index (χ1v) is 20.6. The van der Waals surface area contributed by atoms with Crippen molar-refractivity contribution < 1.29 is 45.2 Å². The molecular weight excluding hydrogens is 551 g/mol. The number of hydrogen-bond acceptors (Lipinski definition) is 0. The maximum atomic E-state index is 2.69. The van der Waals surface area contributed by atoms with Crippen LogP contribution in [0.4, 0.5) is 0 Å². The van der Waals surface area contributed by atoms with Crippen LogP contribution in [0, 0.1) is 5.92 Å². The van der Waals surface area contributed by atoms with Crippen molar-refractivity contribution in [1.29, 1.82) is 0 Å². The van der Waals surface area contributed by atoms with Gasteiger partial charge in [-0.15, -0.1) is 0 Å². The molecular formula is C30H32Cl2SiZr. The number of hydrogen-bond donors (Lipinski definition) is 0. The molecule has 34 heavy (non-hydrogen) atoms. The average molecular weight is 583 g/mol. The van der Waals surface area contributed by atoms with Crippen molar-refractivity contribution in [3.8, 4) is 0 Å². The van der Waals surface area contributed by atoms with E-state index in [0.717, 1.165) is 0 Å². The van der Waals surface area contributed by atoms with E-state index < -0.39 is 20.4 Å². The first-order valence-electron chi connectivity index (χ1n) is 11.7. The van der Waals surface area contributed by atoms with Crippen LogP contribution >= 0.6 is 0 Å². The van der Waals surface area contributed by atoms with Crippen molar-refractivity contribution in [3.05, 3.63) is 109 Å². The van der Waals surface area contributed by atoms with E-state index in [1.54, 1.807) is 22.3 Å². The molecule has 0 radical (unpaired) electrons. The second-order valence-corrected chi connectivity index (χ2v) is 27.1. The van der Waals surface area contributed by atoms with E-state index in [1.165, 1.54) is 27.5 Å². The molecule has 0 spiro atoms. The summed E-state index contributed by atoms with van der Waals surface area (Å²) in [6.45, 7) is 14.8. The Morgan fingerprint density at radius 1 is 0.765 bits per heavy atom. The molecule has 2 aliphatic carbocycles. The van der Waals surface area contributed by atoms with Gasteiger partial charge in [0.05, 0.1) is 0 Å². The Labute approximate surface area is 225 Å². The van der Waals surface area contributed by atoms with Gasteiger partial charge in [0.2, 0.25) is 0 Å². The van der Waals surface area contributed by atoms with Crippen LogP contribution < -0.4 is 24.8 Å². The summed E-state index contributed by atoms with van der Waals surface area (Å²) in [5.41, 5.74) is 10.4. The second-order valence-electron chi connectivity index (χ2n) is 9.69. The molecule has 3 aromatic rings. The smallest absolute Gasteiger partial charge is 1.00 e. The van der Waals surface area contributed by atoms with Crippen LogP contribution in [0.5, 0.6) is 0 Å². The molecule has 0 aliphatic heterocycles. The van der Waals surface area contributed by atoms with E-state index in [1.807, 2.05) is 3.28 Å². The summed E-state index contributed by atoms with van der Waals surface area (Å²) in [6, 6.07) is 25.0. The van der Waals surface area contributed by atoms with Gasteiger partial charge in [0, 0.05) is 0 Å². The zero-order chi connectivity index (χ0) is 22.6. The van der Waals surface area contributed by atoms with Gasteiger partial charge in [-0.1, -0.05) is 0 Å². The normalized spacial score (nSPS) is 18.7. The van der Waals surface area contributed by atoms with Crippen LogP contribution in [-0.2, 0) is 20.4 Å². The Morgan fingerprint density at radius 2 is 1.41 bits per heavy atom. The van der Waals surface area contributed by atoms with E-state index in [2.05, 4.69) is 114 Å². The minimum atomic E-state index is -1.94. The summed E-state index contributed by atoms with van der Waals surface area (Å²) in [6.07, 6.45) is 2.69. The fraction of sp³-hybridized carbons (Fsp3) is 0.267. The van der Waals surface area contributed by atoms with Gasteiger partial charge >= 0.3 is 202 Å². The molecule has 174 valence electrons. The Balaban J connectivity index is 0.00000162. The summed E-state index contributed by atoms with van der Waals surface area (Å²) in [4.78, 5) is 0. The molecule has 0 nitrogen and oxygen atoms in total. The third-order valence-corrected chi connectivity index (χ3v) is 26.3. The maximum Gasteiger partial charge on any atom is -1.00 e. The maximum absolute atomic E-state index is 2.69. The minimum absolute atomic E-state index is 0. The van der Waals surface area contributed by atoms with Gasteiger partial charge in [-0.05, 0) is 0 Å². The zero-order valence-electron chi connectivity index (χ0n) is 20.8. The third kappa shape index (κ3) is 4.53. The molecule has 0 saturated heterocycles. The van der Waals surface area contributed by atoms with Gasteiger partial charge in [-0.3, -0.25) is 0 Å². The molecule has 0 heterocycles. The molecule has 2 unspecified atom stereocenters. The van der Waals surface area contributed by atoms with Crippen molar-refractivity contribution in [3.63, 3.8) is 0 Å². The predicted octanol–water partition coefficient (Wildman–Crippen LogP) is 2.46. The zero-order valence-corrected chi connectivity index (χ0v) is 25.8. The van der Waals surface area contributed by atoms with Crippen LogP contribution in [0.3, 0.4) is 0 Å². The topological polar surface area (TPSA) is 0 Å². The van der Waals surface area contributed by atoms with Gasteiger partial charge in [-0.2, -0.15) is 0 Å². The molecule has 5 rings (SSSR count). The first-order chi connectivity index (χ1) is 15.4. The van der Waals surface area contributed by atoms with Crippen LogP contribution in [0.2, 0.25) is 13.1 Å². The first kappa shape index (κ1) is 27.4. The molecule has 0 amide bonds. The summed E-state index contributed by atoms with van der Waals surface area (Å²) >= 11 is -1.94. The Kier molecular flexibility index (Phi) is 8.73. The minimum Gasteiger partial charge on any atom is -1.00 e. The molecule has 0 fully saturated rings. The quantitative estimate of drug-likeness (QED) is 0.417. The van der Waals surface area contributed by atoms with Crippen molar-refractivity contribution >= 4 is 21.8 Å². The monoisotopic (exact) mass is 580 g/mol. The van der Waals surface area contributed by atoms with Crippen LogP contribution in [0.15, 0.2) is 92.8 Å². The van der Waals surface area contributed by atoms with Gasteiger partial charge in [0.1, 0.15) is 0 Å². The van der Waals surface area contributed by atoms with Crippen LogP contribution in [0.1, 0.15) is 48.0 Å².